The molecule has 3 nitrogen and oxygen atoms in total. The number of rotatable bonds is 7. The predicted octanol–water partition coefficient (Wildman–Crippen LogP) is 5.48. The van der Waals surface area contributed by atoms with Crippen LogP contribution in [0, 0.1) is 0 Å². The van der Waals surface area contributed by atoms with Crippen molar-refractivity contribution in [2.75, 3.05) is 13.7 Å². The fraction of sp³-hybridized carbons (Fsp3) is 0.273. The van der Waals surface area contributed by atoms with Crippen molar-refractivity contribution in [1.82, 2.24) is 0 Å². The van der Waals surface area contributed by atoms with Crippen LogP contribution in [0.15, 0.2) is 48.0 Å². The lowest BCUT2D eigenvalue weighted by molar-refractivity contribution is 0.356. The van der Waals surface area contributed by atoms with Gasteiger partial charge in [-0.2, -0.15) is 0 Å². The highest BCUT2D eigenvalue weighted by molar-refractivity contribution is 5.71. The lowest BCUT2D eigenvalue weighted by Gasteiger charge is -2.08. The minimum absolute atomic E-state index is 0.344. The van der Waals surface area contributed by atoms with E-state index in [9.17, 15) is 5.11 Å². The van der Waals surface area contributed by atoms with Gasteiger partial charge in [-0.15, -0.1) is 0 Å². The van der Waals surface area contributed by atoms with Gasteiger partial charge in [-0.05, 0) is 67.3 Å². The largest absolute Gasteiger partial charge is 0.508 e. The maximum absolute atomic E-state index is 9.78. The average Bonchev–Trinajstić information content (AvgIpc) is 2.60. The number of ether oxygens (including phenoxy) is 2. The summed E-state index contributed by atoms with van der Waals surface area (Å²) in [6.45, 7) is 6.66. The van der Waals surface area contributed by atoms with Crippen LogP contribution < -0.4 is 9.47 Å². The second kappa shape index (κ2) is 8.97. The molecule has 2 aromatic rings. The Morgan fingerprint density at radius 1 is 1.00 bits per heavy atom. The van der Waals surface area contributed by atoms with Crippen LogP contribution in [0.2, 0.25) is 0 Å². The van der Waals surface area contributed by atoms with E-state index in [1.54, 1.807) is 13.2 Å². The molecule has 0 aliphatic rings. The molecule has 2 aromatic carbocycles. The topological polar surface area (TPSA) is 38.7 Å². The van der Waals surface area contributed by atoms with Crippen LogP contribution in [-0.4, -0.2) is 18.8 Å². The summed E-state index contributed by atoms with van der Waals surface area (Å²) < 4.78 is 11.1. The summed E-state index contributed by atoms with van der Waals surface area (Å²) in [7, 11) is 1.65. The van der Waals surface area contributed by atoms with Crippen molar-refractivity contribution in [1.29, 1.82) is 0 Å². The molecule has 0 saturated carbocycles. The molecule has 2 rings (SSSR count). The average molecular weight is 338 g/mol. The Balaban J connectivity index is 2.21. The summed E-state index contributed by atoms with van der Waals surface area (Å²) in [6.07, 6.45) is 6.88. The second-order valence-corrected chi connectivity index (χ2v) is 6.11. The van der Waals surface area contributed by atoms with Crippen LogP contribution in [0.25, 0.3) is 12.2 Å². The summed E-state index contributed by atoms with van der Waals surface area (Å²) in [5.74, 6) is 1.88. The fourth-order valence-corrected chi connectivity index (χ4v) is 2.38. The summed E-state index contributed by atoms with van der Waals surface area (Å²) in [4.78, 5) is 0. The molecule has 0 aliphatic carbocycles. The molecule has 0 radical (unpaired) electrons. The molecule has 0 aromatic heterocycles. The Morgan fingerprint density at radius 2 is 1.72 bits per heavy atom. The molecular formula is C22H26O3. The number of allylic oxidation sites excluding steroid dienone is 1. The quantitative estimate of drug-likeness (QED) is 0.537. The highest BCUT2D eigenvalue weighted by Gasteiger charge is 2.02. The van der Waals surface area contributed by atoms with Crippen molar-refractivity contribution in [3.05, 3.63) is 64.7 Å². The Kier molecular flexibility index (Phi) is 6.70. The third kappa shape index (κ3) is 5.71. The Hall–Kier alpha value is -2.68. The zero-order chi connectivity index (χ0) is 18.2. The van der Waals surface area contributed by atoms with E-state index < -0.39 is 0 Å². The molecule has 0 spiro atoms. The van der Waals surface area contributed by atoms with Crippen LogP contribution in [-0.2, 0) is 6.42 Å². The minimum Gasteiger partial charge on any atom is -0.508 e. The summed E-state index contributed by atoms with van der Waals surface area (Å²) in [5.41, 5.74) is 4.21. The van der Waals surface area contributed by atoms with Gasteiger partial charge >= 0.3 is 0 Å². The highest BCUT2D eigenvalue weighted by Crippen LogP contribution is 2.25. The van der Waals surface area contributed by atoms with Gasteiger partial charge in [0.1, 0.15) is 23.9 Å². The molecule has 0 fully saturated rings. The van der Waals surface area contributed by atoms with Crippen molar-refractivity contribution >= 4 is 12.2 Å². The lowest BCUT2D eigenvalue weighted by atomic mass is 10.1. The molecule has 0 saturated heterocycles. The summed E-state index contributed by atoms with van der Waals surface area (Å²) in [6, 6.07) is 11.5. The van der Waals surface area contributed by atoms with Crippen molar-refractivity contribution in [2.45, 2.75) is 27.2 Å². The second-order valence-electron chi connectivity index (χ2n) is 6.11. The first-order valence-corrected chi connectivity index (χ1v) is 8.47. The Morgan fingerprint density at radius 3 is 2.40 bits per heavy atom. The molecule has 3 heteroatoms. The van der Waals surface area contributed by atoms with E-state index in [4.69, 9.17) is 9.47 Å². The van der Waals surface area contributed by atoms with E-state index in [2.05, 4.69) is 0 Å². The van der Waals surface area contributed by atoms with Gasteiger partial charge in [0.2, 0.25) is 0 Å². The van der Waals surface area contributed by atoms with Gasteiger partial charge in [0.15, 0.2) is 0 Å². The molecule has 0 unspecified atom stereocenters. The smallest absolute Gasteiger partial charge is 0.124 e. The van der Waals surface area contributed by atoms with Gasteiger partial charge in [0, 0.05) is 6.07 Å². The van der Waals surface area contributed by atoms with Gasteiger partial charge in [-0.25, -0.2) is 0 Å². The summed E-state index contributed by atoms with van der Waals surface area (Å²) in [5, 5.41) is 9.78. The number of aromatic hydroxyl groups is 1. The van der Waals surface area contributed by atoms with Crippen molar-refractivity contribution < 1.29 is 14.6 Å². The molecular weight excluding hydrogens is 312 g/mol. The molecule has 25 heavy (non-hydrogen) atoms. The monoisotopic (exact) mass is 338 g/mol. The number of hydrogen-bond donors (Lipinski definition) is 1. The number of hydrogen-bond acceptors (Lipinski definition) is 3. The molecule has 0 atom stereocenters. The SMILES string of the molecule is CCc1cc(/C=C/c2cc(OC)cc(OCC=C(C)C)c2)ccc1O. The number of phenolic OH excluding ortho intramolecular Hbond substituents is 1. The van der Waals surface area contributed by atoms with Crippen LogP contribution in [0.4, 0.5) is 0 Å². The van der Waals surface area contributed by atoms with E-state index in [1.165, 1.54) is 5.57 Å². The Bertz CT molecular complexity index is 769. The summed E-state index contributed by atoms with van der Waals surface area (Å²) >= 11 is 0. The van der Waals surface area contributed by atoms with Crippen LogP contribution in [0.3, 0.4) is 0 Å². The van der Waals surface area contributed by atoms with E-state index in [1.807, 2.05) is 69.3 Å². The minimum atomic E-state index is 0.344. The predicted molar refractivity (Wildman–Crippen MR) is 104 cm³/mol. The molecule has 1 N–H and O–H groups in total. The molecule has 0 heterocycles. The van der Waals surface area contributed by atoms with E-state index in [-0.39, 0.29) is 0 Å². The van der Waals surface area contributed by atoms with E-state index in [0.29, 0.717) is 12.4 Å². The third-order valence-electron chi connectivity index (χ3n) is 3.83. The normalized spacial score (nSPS) is 10.7. The first-order valence-electron chi connectivity index (χ1n) is 8.47. The van der Waals surface area contributed by atoms with Crippen molar-refractivity contribution in [3.8, 4) is 17.2 Å². The van der Waals surface area contributed by atoms with Gasteiger partial charge in [0.05, 0.1) is 7.11 Å². The fourth-order valence-electron chi connectivity index (χ4n) is 2.38. The zero-order valence-electron chi connectivity index (χ0n) is 15.4. The first kappa shape index (κ1) is 18.7. The number of benzene rings is 2. The molecule has 132 valence electrons. The van der Waals surface area contributed by atoms with Crippen LogP contribution in [0.5, 0.6) is 17.2 Å². The van der Waals surface area contributed by atoms with Gasteiger partial charge < -0.3 is 14.6 Å². The third-order valence-corrected chi connectivity index (χ3v) is 3.83. The Labute approximate surface area is 150 Å². The number of phenols is 1. The standard InChI is InChI=1S/C22H26O3/c1-5-19-12-17(8-9-22(19)23)6-7-18-13-20(24-4)15-21(14-18)25-11-10-16(2)3/h6-10,12-15,23H,5,11H2,1-4H3/b7-6+. The first-order chi connectivity index (χ1) is 12.0. The number of aryl methyl sites for hydroxylation is 1. The highest BCUT2D eigenvalue weighted by atomic mass is 16.5. The zero-order valence-corrected chi connectivity index (χ0v) is 15.4. The van der Waals surface area contributed by atoms with Gasteiger partial charge in [-0.1, -0.05) is 30.7 Å². The van der Waals surface area contributed by atoms with Crippen molar-refractivity contribution in [3.63, 3.8) is 0 Å². The van der Waals surface area contributed by atoms with Crippen LogP contribution in [0.1, 0.15) is 37.5 Å². The van der Waals surface area contributed by atoms with Gasteiger partial charge in [-0.3, -0.25) is 0 Å². The van der Waals surface area contributed by atoms with Gasteiger partial charge in [0.25, 0.3) is 0 Å². The number of methoxy groups -OCH3 is 1. The van der Waals surface area contributed by atoms with Crippen molar-refractivity contribution in [2.24, 2.45) is 0 Å². The molecule has 0 bridgehead atoms. The maximum atomic E-state index is 9.78. The van der Waals surface area contributed by atoms with E-state index in [0.717, 1.165) is 34.6 Å². The molecule has 0 aliphatic heterocycles. The van der Waals surface area contributed by atoms with E-state index >= 15 is 0 Å². The maximum Gasteiger partial charge on any atom is 0.124 e. The molecule has 0 amide bonds. The van der Waals surface area contributed by atoms with Crippen LogP contribution >= 0.6 is 0 Å². The lowest BCUT2D eigenvalue weighted by Crippen LogP contribution is -1.95.